The number of guanidine groups is 1. The van der Waals surface area contributed by atoms with Gasteiger partial charge in [-0.3, -0.25) is 14.7 Å². The van der Waals surface area contributed by atoms with Crippen molar-refractivity contribution in [3.63, 3.8) is 0 Å². The van der Waals surface area contributed by atoms with Gasteiger partial charge in [0.1, 0.15) is 0 Å². The zero-order valence-corrected chi connectivity index (χ0v) is 22.5. The lowest BCUT2D eigenvalue weighted by molar-refractivity contribution is -0.127. The molecule has 7 nitrogen and oxygen atoms in total. The number of halogens is 1. The van der Waals surface area contributed by atoms with Crippen LogP contribution in [0.1, 0.15) is 51.0 Å². The van der Waals surface area contributed by atoms with E-state index in [4.69, 9.17) is 4.74 Å². The van der Waals surface area contributed by atoms with Gasteiger partial charge in [-0.15, -0.1) is 24.0 Å². The van der Waals surface area contributed by atoms with Crippen LogP contribution in [0.3, 0.4) is 0 Å². The molecule has 2 N–H and O–H groups in total. The van der Waals surface area contributed by atoms with Gasteiger partial charge in [0, 0.05) is 65.4 Å². The fourth-order valence-corrected chi connectivity index (χ4v) is 4.34. The number of benzene rings is 1. The standard InChI is InChI=1S/C25H41N5O2.HI/c1-2-26-25(27-14-7-17-30-16-6-11-24(30)31)28-15-8-20-32-23-12-18-29(19-13-23)21-22-9-4-3-5-10-22;/h3-5,9-10,23H,2,6-8,11-21H2,1H3,(H2,26,27,28);1H. The molecule has 2 saturated heterocycles. The van der Waals surface area contributed by atoms with Gasteiger partial charge in [-0.05, 0) is 44.6 Å². The summed E-state index contributed by atoms with van der Waals surface area (Å²) in [5, 5.41) is 6.70. The van der Waals surface area contributed by atoms with Crippen molar-refractivity contribution in [3.8, 4) is 0 Å². The Morgan fingerprint density at radius 1 is 1.12 bits per heavy atom. The molecule has 2 aliphatic heterocycles. The van der Waals surface area contributed by atoms with Crippen molar-refractivity contribution in [2.45, 2.75) is 58.1 Å². The summed E-state index contributed by atoms with van der Waals surface area (Å²) >= 11 is 0. The van der Waals surface area contributed by atoms with Crippen molar-refractivity contribution >= 4 is 35.8 Å². The molecule has 0 atom stereocenters. The average molecular weight is 572 g/mol. The molecule has 1 amide bonds. The highest BCUT2D eigenvalue weighted by molar-refractivity contribution is 14.0. The highest BCUT2D eigenvalue weighted by atomic mass is 127. The lowest BCUT2D eigenvalue weighted by atomic mass is 10.1. The largest absolute Gasteiger partial charge is 0.378 e. The first-order valence-corrected chi connectivity index (χ1v) is 12.4. The van der Waals surface area contributed by atoms with Gasteiger partial charge in [0.2, 0.25) is 5.91 Å². The van der Waals surface area contributed by atoms with Crippen LogP contribution in [0.2, 0.25) is 0 Å². The molecule has 2 aliphatic rings. The van der Waals surface area contributed by atoms with Gasteiger partial charge in [-0.2, -0.15) is 0 Å². The van der Waals surface area contributed by atoms with E-state index in [-0.39, 0.29) is 24.0 Å². The van der Waals surface area contributed by atoms with E-state index >= 15 is 0 Å². The van der Waals surface area contributed by atoms with Gasteiger partial charge < -0.3 is 20.3 Å². The summed E-state index contributed by atoms with van der Waals surface area (Å²) in [4.78, 5) is 20.8. The minimum atomic E-state index is 0. The number of likely N-dealkylation sites (tertiary alicyclic amines) is 2. The van der Waals surface area contributed by atoms with Gasteiger partial charge in [-0.25, -0.2) is 0 Å². The van der Waals surface area contributed by atoms with Crippen LogP contribution < -0.4 is 10.6 Å². The minimum Gasteiger partial charge on any atom is -0.378 e. The maximum Gasteiger partial charge on any atom is 0.222 e. The Morgan fingerprint density at radius 3 is 2.61 bits per heavy atom. The van der Waals surface area contributed by atoms with Gasteiger partial charge >= 0.3 is 0 Å². The Kier molecular flexibility index (Phi) is 13.7. The number of nitrogens with one attached hydrogen (secondary N) is 2. The molecular weight excluding hydrogens is 529 g/mol. The number of hydrogen-bond donors (Lipinski definition) is 2. The van der Waals surface area contributed by atoms with Crippen LogP contribution in [0.5, 0.6) is 0 Å². The van der Waals surface area contributed by atoms with Gasteiger partial charge in [0.15, 0.2) is 5.96 Å². The third-order valence-corrected chi connectivity index (χ3v) is 6.12. The monoisotopic (exact) mass is 571 g/mol. The summed E-state index contributed by atoms with van der Waals surface area (Å²) in [5.74, 6) is 1.15. The molecule has 8 heteroatoms. The Balaban J connectivity index is 0.00000385. The number of carbonyl (C=O) groups excluding carboxylic acids is 1. The lowest BCUT2D eigenvalue weighted by Crippen LogP contribution is -2.39. The maximum absolute atomic E-state index is 11.7. The normalized spacial score (nSPS) is 17.8. The Hall–Kier alpha value is -1.39. The van der Waals surface area contributed by atoms with E-state index in [9.17, 15) is 4.79 Å². The summed E-state index contributed by atoms with van der Waals surface area (Å²) in [7, 11) is 0. The summed E-state index contributed by atoms with van der Waals surface area (Å²) < 4.78 is 6.12. The van der Waals surface area contributed by atoms with E-state index in [1.807, 2.05) is 4.90 Å². The second-order valence-electron chi connectivity index (χ2n) is 8.71. The molecule has 1 aromatic rings. The van der Waals surface area contributed by atoms with Gasteiger partial charge in [0.25, 0.3) is 0 Å². The number of carbonyl (C=O) groups is 1. The molecule has 0 aromatic heterocycles. The number of ether oxygens (including phenoxy) is 1. The highest BCUT2D eigenvalue weighted by Gasteiger charge is 2.20. The molecule has 0 aliphatic carbocycles. The van der Waals surface area contributed by atoms with E-state index in [0.29, 0.717) is 18.4 Å². The number of rotatable bonds is 12. The molecule has 33 heavy (non-hydrogen) atoms. The van der Waals surface area contributed by atoms with E-state index in [1.165, 1.54) is 5.56 Å². The summed E-state index contributed by atoms with van der Waals surface area (Å²) in [6, 6.07) is 10.7. The van der Waals surface area contributed by atoms with Crippen molar-refractivity contribution in [2.75, 3.05) is 52.4 Å². The molecule has 0 radical (unpaired) electrons. The number of piperidine rings is 1. The molecular formula is C25H42IN5O2. The number of hydrogen-bond acceptors (Lipinski definition) is 4. The maximum atomic E-state index is 11.7. The van der Waals surface area contributed by atoms with Gasteiger partial charge in [-0.1, -0.05) is 30.3 Å². The Labute approximate surface area is 216 Å². The SMILES string of the molecule is CCNC(=NCCCN1CCCC1=O)NCCCOC1CCN(Cc2ccccc2)CC1.I. The number of nitrogens with zero attached hydrogens (tertiary/aromatic N) is 3. The van der Waals surface area contributed by atoms with Crippen LogP contribution in [-0.4, -0.2) is 80.2 Å². The lowest BCUT2D eigenvalue weighted by Gasteiger charge is -2.32. The van der Waals surface area contributed by atoms with Crippen LogP contribution in [0.25, 0.3) is 0 Å². The smallest absolute Gasteiger partial charge is 0.222 e. The van der Waals surface area contributed by atoms with Crippen LogP contribution in [-0.2, 0) is 16.1 Å². The van der Waals surface area contributed by atoms with Crippen molar-refractivity contribution in [1.29, 1.82) is 0 Å². The van der Waals surface area contributed by atoms with Crippen molar-refractivity contribution in [3.05, 3.63) is 35.9 Å². The third-order valence-electron chi connectivity index (χ3n) is 6.12. The van der Waals surface area contributed by atoms with E-state index < -0.39 is 0 Å². The highest BCUT2D eigenvalue weighted by Crippen LogP contribution is 2.16. The molecule has 2 fully saturated rings. The van der Waals surface area contributed by atoms with E-state index in [2.05, 4.69) is 57.8 Å². The third kappa shape index (κ3) is 10.6. The van der Waals surface area contributed by atoms with Gasteiger partial charge in [0.05, 0.1) is 6.10 Å². The molecule has 0 saturated carbocycles. The number of amides is 1. The predicted octanol–water partition coefficient (Wildman–Crippen LogP) is 3.24. The molecule has 2 heterocycles. The van der Waals surface area contributed by atoms with Crippen LogP contribution in [0, 0.1) is 0 Å². The molecule has 0 bridgehead atoms. The average Bonchev–Trinajstić information content (AvgIpc) is 3.22. The van der Waals surface area contributed by atoms with E-state index in [0.717, 1.165) is 97.0 Å². The fourth-order valence-electron chi connectivity index (χ4n) is 4.34. The zero-order chi connectivity index (χ0) is 22.4. The molecule has 0 spiro atoms. The van der Waals surface area contributed by atoms with Crippen molar-refractivity contribution in [2.24, 2.45) is 4.99 Å². The Morgan fingerprint density at radius 2 is 1.91 bits per heavy atom. The second kappa shape index (κ2) is 16.3. The summed E-state index contributed by atoms with van der Waals surface area (Å²) in [6.45, 7) is 10.3. The van der Waals surface area contributed by atoms with Crippen LogP contribution in [0.4, 0.5) is 0 Å². The molecule has 186 valence electrons. The van der Waals surface area contributed by atoms with E-state index in [1.54, 1.807) is 0 Å². The minimum absolute atomic E-state index is 0. The first-order chi connectivity index (χ1) is 15.7. The fraction of sp³-hybridized carbons (Fsp3) is 0.680. The molecule has 3 rings (SSSR count). The van der Waals surface area contributed by atoms with Crippen LogP contribution >= 0.6 is 24.0 Å². The first-order valence-electron chi connectivity index (χ1n) is 12.4. The number of aliphatic imine (C=N–C) groups is 1. The topological polar surface area (TPSA) is 69.2 Å². The first kappa shape index (κ1) is 27.9. The Bertz CT molecular complexity index is 695. The summed E-state index contributed by atoms with van der Waals surface area (Å²) in [6.07, 6.45) is 6.21. The zero-order valence-electron chi connectivity index (χ0n) is 20.1. The molecule has 0 unspecified atom stereocenters. The second-order valence-corrected chi connectivity index (χ2v) is 8.71. The van der Waals surface area contributed by atoms with Crippen molar-refractivity contribution < 1.29 is 9.53 Å². The molecule has 1 aromatic carbocycles. The van der Waals surface area contributed by atoms with Crippen molar-refractivity contribution in [1.82, 2.24) is 20.4 Å². The summed E-state index contributed by atoms with van der Waals surface area (Å²) in [5.41, 5.74) is 1.39. The quantitative estimate of drug-likeness (QED) is 0.175. The predicted molar refractivity (Wildman–Crippen MR) is 145 cm³/mol. The van der Waals surface area contributed by atoms with Crippen LogP contribution in [0.15, 0.2) is 35.3 Å².